The highest BCUT2D eigenvalue weighted by Crippen LogP contribution is 2.25. The summed E-state index contributed by atoms with van der Waals surface area (Å²) >= 11 is 5.81. The Labute approximate surface area is 99.8 Å². The second kappa shape index (κ2) is 4.82. The maximum atomic E-state index is 5.81. The van der Waals surface area contributed by atoms with Crippen molar-refractivity contribution in [1.29, 1.82) is 0 Å². The van der Waals surface area contributed by atoms with Gasteiger partial charge in [0.05, 0.1) is 7.11 Å². The first kappa shape index (κ1) is 11.4. The summed E-state index contributed by atoms with van der Waals surface area (Å²) in [5.74, 6) is 0.587. The molecule has 0 saturated heterocycles. The van der Waals surface area contributed by atoms with Gasteiger partial charge in [-0.25, -0.2) is 0 Å². The Morgan fingerprint density at radius 3 is 2.56 bits per heavy atom. The molecular weight excluding hydrogens is 228 g/mol. The van der Waals surface area contributed by atoms with E-state index >= 15 is 0 Å². The zero-order chi connectivity index (χ0) is 11.5. The standard InChI is InChI=1S/C10H15ClN4O/c1-15(7-5-3-4-6-7)9-12-8(11)13-10(14-9)16-2/h7H,3-6H2,1-2H3. The number of hydrogen-bond acceptors (Lipinski definition) is 5. The fraction of sp³-hybridized carbons (Fsp3) is 0.700. The SMILES string of the molecule is COc1nc(Cl)nc(N(C)C2CCCC2)n1. The minimum absolute atomic E-state index is 0.173. The summed E-state index contributed by atoms with van der Waals surface area (Å²) in [5.41, 5.74) is 0. The number of anilines is 1. The molecule has 1 fully saturated rings. The van der Waals surface area contributed by atoms with E-state index in [1.165, 1.54) is 32.8 Å². The Bertz CT molecular complexity index is 368. The minimum atomic E-state index is 0.173. The summed E-state index contributed by atoms with van der Waals surface area (Å²) < 4.78 is 4.98. The van der Waals surface area contributed by atoms with Crippen molar-refractivity contribution in [2.75, 3.05) is 19.1 Å². The lowest BCUT2D eigenvalue weighted by Crippen LogP contribution is -2.30. The van der Waals surface area contributed by atoms with E-state index in [-0.39, 0.29) is 11.3 Å². The first-order valence-corrected chi connectivity index (χ1v) is 5.77. The van der Waals surface area contributed by atoms with Crippen LogP contribution in [-0.2, 0) is 0 Å². The molecule has 1 aliphatic carbocycles. The number of nitrogens with zero attached hydrogens (tertiary/aromatic N) is 4. The number of hydrogen-bond donors (Lipinski definition) is 0. The molecule has 88 valence electrons. The molecule has 0 amide bonds. The smallest absolute Gasteiger partial charge is 0.322 e. The van der Waals surface area contributed by atoms with Gasteiger partial charge in [-0.05, 0) is 24.4 Å². The highest BCUT2D eigenvalue weighted by atomic mass is 35.5. The van der Waals surface area contributed by atoms with Crippen LogP contribution in [0.1, 0.15) is 25.7 Å². The Kier molecular flexibility index (Phi) is 3.43. The van der Waals surface area contributed by atoms with Crippen molar-refractivity contribution in [2.45, 2.75) is 31.7 Å². The molecule has 1 aromatic heterocycles. The van der Waals surface area contributed by atoms with E-state index in [9.17, 15) is 0 Å². The lowest BCUT2D eigenvalue weighted by Gasteiger charge is -2.24. The molecule has 0 aromatic carbocycles. The molecule has 5 nitrogen and oxygen atoms in total. The Hall–Kier alpha value is -1.10. The molecule has 0 bridgehead atoms. The van der Waals surface area contributed by atoms with Crippen LogP contribution in [0.15, 0.2) is 0 Å². The molecule has 16 heavy (non-hydrogen) atoms. The van der Waals surface area contributed by atoms with Gasteiger partial charge in [0.15, 0.2) is 0 Å². The highest BCUT2D eigenvalue weighted by molar-refractivity contribution is 6.28. The van der Waals surface area contributed by atoms with Gasteiger partial charge in [-0.15, -0.1) is 0 Å². The number of aromatic nitrogens is 3. The molecule has 1 aliphatic rings. The summed E-state index contributed by atoms with van der Waals surface area (Å²) in [6.45, 7) is 0. The molecule has 0 unspecified atom stereocenters. The molecule has 0 spiro atoms. The quantitative estimate of drug-likeness (QED) is 0.811. The third-order valence-corrected chi connectivity index (χ3v) is 3.12. The molecule has 0 radical (unpaired) electrons. The van der Waals surface area contributed by atoms with E-state index < -0.39 is 0 Å². The molecule has 1 aromatic rings. The van der Waals surface area contributed by atoms with Crippen LogP contribution in [0.4, 0.5) is 5.95 Å². The molecule has 0 aliphatic heterocycles. The third-order valence-electron chi connectivity index (χ3n) is 2.95. The summed E-state index contributed by atoms with van der Waals surface area (Å²) in [5, 5.41) is 0.173. The largest absolute Gasteiger partial charge is 0.467 e. The van der Waals surface area contributed by atoms with Crippen LogP contribution in [0, 0.1) is 0 Å². The minimum Gasteiger partial charge on any atom is -0.467 e. The van der Waals surface area contributed by atoms with Gasteiger partial charge in [0.1, 0.15) is 0 Å². The molecule has 0 N–H and O–H groups in total. The lowest BCUT2D eigenvalue weighted by molar-refractivity contribution is 0.377. The van der Waals surface area contributed by atoms with Gasteiger partial charge in [0.2, 0.25) is 11.2 Å². The van der Waals surface area contributed by atoms with E-state index in [0.29, 0.717) is 12.0 Å². The summed E-state index contributed by atoms with van der Waals surface area (Å²) in [6.07, 6.45) is 4.90. The topological polar surface area (TPSA) is 51.1 Å². The lowest BCUT2D eigenvalue weighted by atomic mass is 10.2. The van der Waals surface area contributed by atoms with Crippen molar-refractivity contribution >= 4 is 17.5 Å². The molecule has 6 heteroatoms. The van der Waals surface area contributed by atoms with Crippen molar-refractivity contribution in [3.63, 3.8) is 0 Å². The average Bonchev–Trinajstić information content (AvgIpc) is 2.80. The Morgan fingerprint density at radius 1 is 1.25 bits per heavy atom. The number of methoxy groups -OCH3 is 1. The van der Waals surface area contributed by atoms with Crippen molar-refractivity contribution in [3.05, 3.63) is 5.28 Å². The molecule has 1 heterocycles. The van der Waals surface area contributed by atoms with Crippen molar-refractivity contribution in [1.82, 2.24) is 15.0 Å². The van der Waals surface area contributed by atoms with Gasteiger partial charge < -0.3 is 9.64 Å². The summed E-state index contributed by atoms with van der Waals surface area (Å²) in [6, 6.07) is 0.767. The van der Waals surface area contributed by atoms with Crippen LogP contribution in [0.5, 0.6) is 6.01 Å². The van der Waals surface area contributed by atoms with Gasteiger partial charge in [-0.1, -0.05) is 12.8 Å². The van der Waals surface area contributed by atoms with Crippen molar-refractivity contribution < 1.29 is 4.74 Å². The van der Waals surface area contributed by atoms with Gasteiger partial charge in [-0.2, -0.15) is 15.0 Å². The van der Waals surface area contributed by atoms with E-state index in [4.69, 9.17) is 16.3 Å². The highest BCUT2D eigenvalue weighted by Gasteiger charge is 2.22. The van der Waals surface area contributed by atoms with Crippen LogP contribution in [0.3, 0.4) is 0 Å². The second-order valence-electron chi connectivity index (χ2n) is 3.94. The normalized spacial score (nSPS) is 16.4. The van der Waals surface area contributed by atoms with Crippen LogP contribution >= 0.6 is 11.6 Å². The molecular formula is C10H15ClN4O. The summed E-state index contributed by atoms with van der Waals surface area (Å²) in [7, 11) is 3.51. The van der Waals surface area contributed by atoms with Gasteiger partial charge in [0, 0.05) is 13.1 Å². The van der Waals surface area contributed by atoms with Gasteiger partial charge >= 0.3 is 6.01 Å². The Balaban J connectivity index is 2.21. The number of ether oxygens (including phenoxy) is 1. The third kappa shape index (κ3) is 2.35. The van der Waals surface area contributed by atoms with E-state index in [2.05, 4.69) is 19.9 Å². The molecule has 1 saturated carbocycles. The van der Waals surface area contributed by atoms with Gasteiger partial charge in [-0.3, -0.25) is 0 Å². The van der Waals surface area contributed by atoms with Crippen LogP contribution < -0.4 is 9.64 Å². The van der Waals surface area contributed by atoms with Gasteiger partial charge in [0.25, 0.3) is 0 Å². The van der Waals surface area contributed by atoms with Crippen LogP contribution in [0.2, 0.25) is 5.28 Å². The predicted octanol–water partition coefficient (Wildman–Crippen LogP) is 1.91. The molecule has 2 rings (SSSR count). The first-order valence-electron chi connectivity index (χ1n) is 5.39. The second-order valence-corrected chi connectivity index (χ2v) is 4.28. The maximum Gasteiger partial charge on any atom is 0.322 e. The van der Waals surface area contributed by atoms with Crippen LogP contribution in [-0.4, -0.2) is 35.2 Å². The number of rotatable bonds is 3. The Morgan fingerprint density at radius 2 is 1.94 bits per heavy atom. The zero-order valence-electron chi connectivity index (χ0n) is 9.48. The zero-order valence-corrected chi connectivity index (χ0v) is 10.2. The van der Waals surface area contributed by atoms with Crippen molar-refractivity contribution in [2.24, 2.45) is 0 Å². The molecule has 0 atom stereocenters. The fourth-order valence-corrected chi connectivity index (χ4v) is 2.17. The summed E-state index contributed by atoms with van der Waals surface area (Å²) in [4.78, 5) is 14.2. The average molecular weight is 243 g/mol. The van der Waals surface area contributed by atoms with E-state index in [0.717, 1.165) is 0 Å². The maximum absolute atomic E-state index is 5.81. The van der Waals surface area contributed by atoms with Crippen molar-refractivity contribution in [3.8, 4) is 6.01 Å². The van der Waals surface area contributed by atoms with E-state index in [1.54, 1.807) is 0 Å². The van der Waals surface area contributed by atoms with E-state index in [1.807, 2.05) is 7.05 Å². The first-order chi connectivity index (χ1) is 7.70. The number of halogens is 1. The van der Waals surface area contributed by atoms with Crippen LogP contribution in [0.25, 0.3) is 0 Å². The monoisotopic (exact) mass is 242 g/mol. The predicted molar refractivity (Wildman–Crippen MR) is 62.0 cm³/mol. The fourth-order valence-electron chi connectivity index (χ4n) is 2.03.